The molecule has 8 nitrogen and oxygen atoms in total. The number of hydrogen-bond donors (Lipinski definition) is 1. The molecule has 1 fully saturated rings. The Kier molecular flexibility index (Phi) is 4.47. The summed E-state index contributed by atoms with van der Waals surface area (Å²) in [6.07, 6.45) is -0.143. The van der Waals surface area contributed by atoms with Crippen LogP contribution in [0.25, 0.3) is 0 Å². The largest absolute Gasteiger partial charge is 0.493 e. The molecular formula is C13H18N2O6S. The minimum absolute atomic E-state index is 0.00367. The third-order valence-corrected chi connectivity index (χ3v) is 4.76. The van der Waals surface area contributed by atoms with Crippen LogP contribution in [0.3, 0.4) is 0 Å². The zero-order valence-corrected chi connectivity index (χ0v) is 13.3. The summed E-state index contributed by atoms with van der Waals surface area (Å²) in [6, 6.07) is 3.18. The van der Waals surface area contributed by atoms with Crippen LogP contribution in [-0.2, 0) is 14.8 Å². The lowest BCUT2D eigenvalue weighted by Gasteiger charge is -2.20. The van der Waals surface area contributed by atoms with Gasteiger partial charge in [-0.2, -0.15) is 0 Å². The first-order valence-corrected chi connectivity index (χ1v) is 8.04. The number of nitrogens with two attached hydrogens (primary N) is 1. The molecule has 22 heavy (non-hydrogen) atoms. The number of sulfonamides is 1. The number of benzene rings is 1. The standard InChI is InChI=1S/C13H18N2O6S/c1-19-10-4-8(5-11(20-2)13(10)21-3)15-7-9(6-12(15)16)22(14,17)18/h4-5,9H,6-7H2,1-3H3,(H2,14,17,18). The van der Waals surface area contributed by atoms with Gasteiger partial charge in [-0.1, -0.05) is 0 Å². The molecule has 0 saturated carbocycles. The Balaban J connectivity index is 2.43. The zero-order chi connectivity index (χ0) is 16.5. The molecule has 1 aliphatic heterocycles. The molecule has 1 saturated heterocycles. The minimum atomic E-state index is -3.77. The molecule has 0 spiro atoms. The average Bonchev–Trinajstić information content (AvgIpc) is 2.87. The van der Waals surface area contributed by atoms with Gasteiger partial charge < -0.3 is 19.1 Å². The number of nitrogens with zero attached hydrogens (tertiary/aromatic N) is 1. The van der Waals surface area contributed by atoms with Crippen molar-refractivity contribution in [2.75, 3.05) is 32.8 Å². The van der Waals surface area contributed by atoms with E-state index in [1.807, 2.05) is 0 Å². The molecule has 1 amide bonds. The van der Waals surface area contributed by atoms with Crippen LogP contribution >= 0.6 is 0 Å². The summed E-state index contributed by atoms with van der Waals surface area (Å²) in [6.45, 7) is -0.00367. The monoisotopic (exact) mass is 330 g/mol. The maximum Gasteiger partial charge on any atom is 0.228 e. The van der Waals surface area contributed by atoms with E-state index in [0.717, 1.165) is 0 Å². The fraction of sp³-hybridized carbons (Fsp3) is 0.462. The highest BCUT2D eigenvalue weighted by Crippen LogP contribution is 2.41. The van der Waals surface area contributed by atoms with Gasteiger partial charge in [-0.15, -0.1) is 0 Å². The minimum Gasteiger partial charge on any atom is -0.493 e. The maximum absolute atomic E-state index is 12.1. The van der Waals surface area contributed by atoms with Gasteiger partial charge in [-0.3, -0.25) is 4.79 Å². The van der Waals surface area contributed by atoms with Gasteiger partial charge in [0.2, 0.25) is 21.7 Å². The van der Waals surface area contributed by atoms with E-state index in [9.17, 15) is 13.2 Å². The molecule has 0 aromatic heterocycles. The SMILES string of the molecule is COc1cc(N2CC(S(N)(=O)=O)CC2=O)cc(OC)c1OC. The molecule has 1 atom stereocenters. The Morgan fingerprint density at radius 1 is 1.14 bits per heavy atom. The Bertz CT molecular complexity index is 663. The predicted octanol–water partition coefficient (Wildman–Crippen LogP) is 0.106. The maximum atomic E-state index is 12.1. The van der Waals surface area contributed by atoms with Crippen LogP contribution in [0, 0.1) is 0 Å². The molecule has 0 radical (unpaired) electrons. The van der Waals surface area contributed by atoms with Crippen molar-refractivity contribution in [3.63, 3.8) is 0 Å². The van der Waals surface area contributed by atoms with Crippen LogP contribution in [0.15, 0.2) is 12.1 Å². The van der Waals surface area contributed by atoms with Crippen LogP contribution in [0.1, 0.15) is 6.42 Å². The number of carbonyl (C=O) groups is 1. The molecule has 9 heteroatoms. The summed E-state index contributed by atoms with van der Waals surface area (Å²) in [5.41, 5.74) is 0.464. The first-order valence-electron chi connectivity index (χ1n) is 6.43. The van der Waals surface area contributed by atoms with Gasteiger partial charge >= 0.3 is 0 Å². The second-order valence-corrected chi connectivity index (χ2v) is 6.65. The molecule has 1 aromatic carbocycles. The summed E-state index contributed by atoms with van der Waals surface area (Å²) in [4.78, 5) is 13.4. The fourth-order valence-corrected chi connectivity index (χ4v) is 3.10. The quantitative estimate of drug-likeness (QED) is 0.820. The highest BCUT2D eigenvalue weighted by Gasteiger charge is 2.37. The topological polar surface area (TPSA) is 108 Å². The van der Waals surface area contributed by atoms with Crippen molar-refractivity contribution in [3.05, 3.63) is 12.1 Å². The molecule has 1 heterocycles. The van der Waals surface area contributed by atoms with Gasteiger partial charge in [-0.05, 0) is 0 Å². The van der Waals surface area contributed by atoms with Gasteiger partial charge in [0.15, 0.2) is 11.5 Å². The van der Waals surface area contributed by atoms with E-state index in [4.69, 9.17) is 19.3 Å². The van der Waals surface area contributed by atoms with Crippen molar-refractivity contribution in [1.82, 2.24) is 0 Å². The number of hydrogen-bond acceptors (Lipinski definition) is 6. The highest BCUT2D eigenvalue weighted by molar-refractivity contribution is 7.89. The second-order valence-electron chi connectivity index (χ2n) is 4.80. The van der Waals surface area contributed by atoms with Crippen molar-refractivity contribution < 1.29 is 27.4 Å². The summed E-state index contributed by atoms with van der Waals surface area (Å²) < 4.78 is 38.5. The molecule has 2 N–H and O–H groups in total. The van der Waals surface area contributed by atoms with Gasteiger partial charge in [0.25, 0.3) is 0 Å². The van der Waals surface area contributed by atoms with Crippen molar-refractivity contribution in [2.45, 2.75) is 11.7 Å². The van der Waals surface area contributed by atoms with E-state index in [0.29, 0.717) is 22.9 Å². The Labute approximate surface area is 128 Å². The van der Waals surface area contributed by atoms with Gasteiger partial charge in [0, 0.05) is 25.1 Å². The van der Waals surface area contributed by atoms with E-state index in [2.05, 4.69) is 0 Å². The summed E-state index contributed by atoms with van der Waals surface area (Å²) in [5, 5.41) is 4.21. The molecule has 1 unspecified atom stereocenters. The number of rotatable bonds is 5. The van der Waals surface area contributed by atoms with Gasteiger partial charge in [0.1, 0.15) is 5.25 Å². The van der Waals surface area contributed by atoms with Crippen LogP contribution in [0.5, 0.6) is 17.2 Å². The van der Waals surface area contributed by atoms with E-state index in [1.165, 1.54) is 26.2 Å². The zero-order valence-electron chi connectivity index (χ0n) is 12.5. The number of methoxy groups -OCH3 is 3. The van der Waals surface area contributed by atoms with Gasteiger partial charge in [-0.25, -0.2) is 13.6 Å². The lowest BCUT2D eigenvalue weighted by atomic mass is 10.2. The number of anilines is 1. The molecule has 1 aromatic rings. The molecule has 0 bridgehead atoms. The van der Waals surface area contributed by atoms with Crippen molar-refractivity contribution in [1.29, 1.82) is 0 Å². The average molecular weight is 330 g/mol. The van der Waals surface area contributed by atoms with E-state index < -0.39 is 15.3 Å². The predicted molar refractivity (Wildman–Crippen MR) is 80.0 cm³/mol. The summed E-state index contributed by atoms with van der Waals surface area (Å²) in [7, 11) is 0.617. The second kappa shape index (κ2) is 6.01. The van der Waals surface area contributed by atoms with E-state index >= 15 is 0 Å². The Morgan fingerprint density at radius 2 is 1.68 bits per heavy atom. The van der Waals surface area contributed by atoms with Gasteiger partial charge in [0.05, 0.1) is 27.0 Å². The van der Waals surface area contributed by atoms with Crippen molar-refractivity contribution >= 4 is 21.6 Å². The Morgan fingerprint density at radius 3 is 2.05 bits per heavy atom. The molecule has 1 aliphatic rings. The van der Waals surface area contributed by atoms with E-state index in [-0.39, 0.29) is 18.9 Å². The van der Waals surface area contributed by atoms with Crippen LogP contribution in [0.4, 0.5) is 5.69 Å². The fourth-order valence-electron chi connectivity index (χ4n) is 2.37. The van der Waals surface area contributed by atoms with Crippen molar-refractivity contribution in [3.8, 4) is 17.2 Å². The molecular weight excluding hydrogens is 312 g/mol. The van der Waals surface area contributed by atoms with Crippen LogP contribution in [0.2, 0.25) is 0 Å². The lowest BCUT2D eigenvalue weighted by molar-refractivity contribution is -0.117. The number of carbonyl (C=O) groups excluding carboxylic acids is 1. The summed E-state index contributed by atoms with van der Waals surface area (Å²) >= 11 is 0. The van der Waals surface area contributed by atoms with Crippen LogP contribution in [-0.4, -0.2) is 47.4 Å². The number of primary sulfonamides is 1. The lowest BCUT2D eigenvalue weighted by Crippen LogP contribution is -2.32. The molecule has 122 valence electrons. The first-order chi connectivity index (χ1) is 10.3. The van der Waals surface area contributed by atoms with Crippen molar-refractivity contribution in [2.24, 2.45) is 5.14 Å². The smallest absolute Gasteiger partial charge is 0.228 e. The van der Waals surface area contributed by atoms with Crippen LogP contribution < -0.4 is 24.2 Å². The molecule has 2 rings (SSSR count). The molecule has 0 aliphatic carbocycles. The Hall–Kier alpha value is -2.00. The number of ether oxygens (including phenoxy) is 3. The summed E-state index contributed by atoms with van der Waals surface area (Å²) in [5.74, 6) is 0.823. The third kappa shape index (κ3) is 2.95. The highest BCUT2D eigenvalue weighted by atomic mass is 32.2. The third-order valence-electron chi connectivity index (χ3n) is 3.52. The number of amides is 1. The first kappa shape index (κ1) is 16.4. The van der Waals surface area contributed by atoms with E-state index in [1.54, 1.807) is 12.1 Å². The normalized spacial score (nSPS) is 18.5.